The topological polar surface area (TPSA) is 58.6 Å². The second kappa shape index (κ2) is 6.12. The van der Waals surface area contributed by atoms with Gasteiger partial charge in [-0.25, -0.2) is 4.79 Å². The summed E-state index contributed by atoms with van der Waals surface area (Å²) in [5.41, 5.74) is -0.745. The van der Waals surface area contributed by atoms with Gasteiger partial charge in [-0.3, -0.25) is 4.79 Å². The zero-order valence-electron chi connectivity index (χ0n) is 11.6. The molecule has 0 aromatic rings. The van der Waals surface area contributed by atoms with Crippen molar-refractivity contribution in [3.8, 4) is 0 Å². The molecule has 2 amide bonds. The first-order chi connectivity index (χ1) is 8.32. The molecule has 0 rings (SSSR count). The maximum Gasteiger partial charge on any atom is 0.408 e. The van der Waals surface area contributed by atoms with Crippen LogP contribution in [0.25, 0.3) is 0 Å². The molecular formula is C11H19F3N2O3. The second-order valence-corrected chi connectivity index (χ2v) is 5.18. The lowest BCUT2D eigenvalue weighted by molar-refractivity contribution is -0.159. The van der Waals surface area contributed by atoms with Crippen LogP contribution in [-0.4, -0.2) is 48.3 Å². The fourth-order valence-corrected chi connectivity index (χ4v) is 1.22. The summed E-state index contributed by atoms with van der Waals surface area (Å²) in [4.78, 5) is 23.4. The highest BCUT2D eigenvalue weighted by atomic mass is 19.4. The van der Waals surface area contributed by atoms with E-state index in [9.17, 15) is 22.8 Å². The molecule has 1 unspecified atom stereocenters. The van der Waals surface area contributed by atoms with Crippen molar-refractivity contribution >= 4 is 12.0 Å². The monoisotopic (exact) mass is 284 g/mol. The van der Waals surface area contributed by atoms with Gasteiger partial charge in [0.2, 0.25) is 5.91 Å². The molecule has 1 atom stereocenters. The number of halogens is 3. The third kappa shape index (κ3) is 8.28. The minimum Gasteiger partial charge on any atom is -0.444 e. The highest BCUT2D eigenvalue weighted by Crippen LogP contribution is 2.16. The number of hydrogen-bond acceptors (Lipinski definition) is 3. The molecule has 0 saturated heterocycles. The van der Waals surface area contributed by atoms with Crippen LogP contribution < -0.4 is 5.32 Å². The highest BCUT2D eigenvalue weighted by molar-refractivity contribution is 5.85. The van der Waals surface area contributed by atoms with Crippen LogP contribution in [-0.2, 0) is 9.53 Å². The van der Waals surface area contributed by atoms with Crippen molar-refractivity contribution in [1.82, 2.24) is 10.2 Å². The van der Waals surface area contributed by atoms with Gasteiger partial charge < -0.3 is 15.0 Å². The Hall–Kier alpha value is -1.47. The normalized spacial score (nSPS) is 13.7. The van der Waals surface area contributed by atoms with Gasteiger partial charge in [0, 0.05) is 7.05 Å². The maximum atomic E-state index is 12.1. The first kappa shape index (κ1) is 17.5. The minimum absolute atomic E-state index is 0.502. The molecule has 0 heterocycles. The number of likely N-dealkylation sites (N-methyl/N-ethyl adjacent to an activating group) is 1. The number of nitrogens with one attached hydrogen (secondary N) is 1. The lowest BCUT2D eigenvalue weighted by Gasteiger charge is -2.25. The molecule has 0 aliphatic heterocycles. The van der Waals surface area contributed by atoms with Crippen LogP contribution in [0.1, 0.15) is 27.7 Å². The average molecular weight is 284 g/mol. The molecule has 112 valence electrons. The van der Waals surface area contributed by atoms with E-state index in [1.807, 2.05) is 0 Å². The van der Waals surface area contributed by atoms with Gasteiger partial charge in [0.05, 0.1) is 0 Å². The van der Waals surface area contributed by atoms with Gasteiger partial charge >= 0.3 is 12.3 Å². The van der Waals surface area contributed by atoms with E-state index in [2.05, 4.69) is 5.32 Å². The Bertz CT molecular complexity index is 337. The van der Waals surface area contributed by atoms with Crippen LogP contribution in [0.2, 0.25) is 0 Å². The molecule has 0 aromatic carbocycles. The molecule has 0 aromatic heterocycles. The fraction of sp³-hybridized carbons (Fsp3) is 0.818. The van der Waals surface area contributed by atoms with E-state index in [-0.39, 0.29) is 0 Å². The van der Waals surface area contributed by atoms with Gasteiger partial charge in [0.1, 0.15) is 18.2 Å². The van der Waals surface area contributed by atoms with Crippen LogP contribution in [0.15, 0.2) is 0 Å². The summed E-state index contributed by atoms with van der Waals surface area (Å²) in [7, 11) is 1.02. The molecular weight excluding hydrogens is 265 g/mol. The summed E-state index contributed by atoms with van der Waals surface area (Å²) < 4.78 is 41.2. The van der Waals surface area contributed by atoms with E-state index in [0.717, 1.165) is 7.05 Å². The van der Waals surface area contributed by atoms with Crippen LogP contribution in [0, 0.1) is 0 Å². The SMILES string of the molecule is CC(NC(=O)OC(C)(C)C)C(=O)N(C)CC(F)(F)F. The van der Waals surface area contributed by atoms with Crippen molar-refractivity contribution in [2.45, 2.75) is 45.5 Å². The van der Waals surface area contributed by atoms with Crippen molar-refractivity contribution in [2.75, 3.05) is 13.6 Å². The number of carbonyl (C=O) groups is 2. The molecule has 0 bridgehead atoms. The number of carbonyl (C=O) groups excluding carboxylic acids is 2. The number of amides is 2. The zero-order chi connectivity index (χ0) is 15.4. The lowest BCUT2D eigenvalue weighted by atomic mass is 10.2. The molecule has 19 heavy (non-hydrogen) atoms. The molecule has 0 spiro atoms. The Kier molecular flexibility index (Phi) is 5.64. The lowest BCUT2D eigenvalue weighted by Crippen LogP contribution is -2.48. The van der Waals surface area contributed by atoms with E-state index in [1.54, 1.807) is 20.8 Å². The first-order valence-electron chi connectivity index (χ1n) is 5.63. The van der Waals surface area contributed by atoms with E-state index >= 15 is 0 Å². The standard InChI is InChI=1S/C11H19F3N2O3/c1-7(15-9(18)19-10(2,3)4)8(17)16(5)6-11(12,13)14/h7H,6H2,1-5H3,(H,15,18). The number of ether oxygens (including phenoxy) is 1. The van der Waals surface area contributed by atoms with E-state index < -0.39 is 36.4 Å². The Morgan fingerprint density at radius 1 is 1.26 bits per heavy atom. The van der Waals surface area contributed by atoms with Crippen molar-refractivity contribution < 1.29 is 27.5 Å². The summed E-state index contributed by atoms with van der Waals surface area (Å²) in [6.45, 7) is 4.82. The number of nitrogens with zero attached hydrogens (tertiary/aromatic N) is 1. The van der Waals surface area contributed by atoms with E-state index in [1.165, 1.54) is 6.92 Å². The minimum atomic E-state index is -4.48. The number of hydrogen-bond donors (Lipinski definition) is 1. The van der Waals surface area contributed by atoms with Crippen LogP contribution in [0.4, 0.5) is 18.0 Å². The second-order valence-electron chi connectivity index (χ2n) is 5.18. The molecule has 8 heteroatoms. The van der Waals surface area contributed by atoms with Crippen molar-refractivity contribution in [2.24, 2.45) is 0 Å². The number of alkyl carbamates (subject to hydrolysis) is 1. The van der Waals surface area contributed by atoms with Crippen LogP contribution in [0.5, 0.6) is 0 Å². The highest BCUT2D eigenvalue weighted by Gasteiger charge is 2.33. The smallest absolute Gasteiger partial charge is 0.408 e. The largest absolute Gasteiger partial charge is 0.444 e. The maximum absolute atomic E-state index is 12.1. The van der Waals surface area contributed by atoms with Gasteiger partial charge in [-0.05, 0) is 27.7 Å². The average Bonchev–Trinajstić information content (AvgIpc) is 2.10. The molecule has 1 N–H and O–H groups in total. The summed E-state index contributed by atoms with van der Waals surface area (Å²) >= 11 is 0. The third-order valence-corrected chi connectivity index (χ3v) is 1.90. The van der Waals surface area contributed by atoms with Crippen molar-refractivity contribution in [3.63, 3.8) is 0 Å². The van der Waals surface area contributed by atoms with Crippen molar-refractivity contribution in [1.29, 1.82) is 0 Å². The van der Waals surface area contributed by atoms with E-state index in [4.69, 9.17) is 4.74 Å². The third-order valence-electron chi connectivity index (χ3n) is 1.90. The molecule has 0 fully saturated rings. The summed E-state index contributed by atoms with van der Waals surface area (Å²) in [5, 5.41) is 2.18. The van der Waals surface area contributed by atoms with Gasteiger partial charge in [-0.1, -0.05) is 0 Å². The quantitative estimate of drug-likeness (QED) is 0.861. The van der Waals surface area contributed by atoms with Crippen LogP contribution in [0.3, 0.4) is 0 Å². The van der Waals surface area contributed by atoms with E-state index in [0.29, 0.717) is 4.90 Å². The zero-order valence-corrected chi connectivity index (χ0v) is 11.6. The molecule has 0 saturated carbocycles. The number of alkyl halides is 3. The van der Waals surface area contributed by atoms with Gasteiger partial charge in [-0.2, -0.15) is 13.2 Å². The van der Waals surface area contributed by atoms with Crippen molar-refractivity contribution in [3.05, 3.63) is 0 Å². The molecule has 5 nitrogen and oxygen atoms in total. The summed E-state index contributed by atoms with van der Waals surface area (Å²) in [6, 6.07) is -1.10. The predicted molar refractivity (Wildman–Crippen MR) is 62.5 cm³/mol. The first-order valence-corrected chi connectivity index (χ1v) is 5.63. The summed E-state index contributed by atoms with van der Waals surface area (Å²) in [6.07, 6.45) is -5.33. The molecule has 0 aliphatic rings. The van der Waals surface area contributed by atoms with Crippen LogP contribution >= 0.6 is 0 Å². The Morgan fingerprint density at radius 3 is 2.11 bits per heavy atom. The molecule has 0 aliphatic carbocycles. The summed E-state index contributed by atoms with van der Waals surface area (Å²) in [5.74, 6) is -0.844. The van der Waals surface area contributed by atoms with Gasteiger partial charge in [0.15, 0.2) is 0 Å². The fourth-order valence-electron chi connectivity index (χ4n) is 1.22. The Balaban J connectivity index is 4.38. The Morgan fingerprint density at radius 2 is 1.74 bits per heavy atom. The van der Waals surface area contributed by atoms with Gasteiger partial charge in [-0.15, -0.1) is 0 Å². The predicted octanol–water partition coefficient (Wildman–Crippen LogP) is 1.92. The molecule has 0 radical (unpaired) electrons. The van der Waals surface area contributed by atoms with Gasteiger partial charge in [0.25, 0.3) is 0 Å². The number of rotatable bonds is 3. The Labute approximate surface area is 110 Å².